The van der Waals surface area contributed by atoms with Crippen LogP contribution in [0.3, 0.4) is 0 Å². The maximum Gasteiger partial charge on any atom is 0.133 e. The normalized spacial score (nSPS) is 13.8. The van der Waals surface area contributed by atoms with Crippen LogP contribution in [0.2, 0.25) is 5.02 Å². The molecular formula is C14H13ClN2O. The smallest absolute Gasteiger partial charge is 0.133 e. The Hall–Kier alpha value is -1.58. The highest BCUT2D eigenvalue weighted by Gasteiger charge is 2.21. The van der Waals surface area contributed by atoms with Crippen molar-refractivity contribution in [3.05, 3.63) is 52.7 Å². The Labute approximate surface area is 111 Å². The fourth-order valence-corrected chi connectivity index (χ4v) is 2.48. The predicted molar refractivity (Wildman–Crippen MR) is 72.3 cm³/mol. The molecule has 92 valence electrons. The number of halogens is 1. The van der Waals surface area contributed by atoms with E-state index in [4.69, 9.17) is 11.6 Å². The lowest BCUT2D eigenvalue weighted by Crippen LogP contribution is -2.15. The lowest BCUT2D eigenvalue weighted by atomic mass is 10.2. The topological polar surface area (TPSA) is 36.4 Å². The van der Waals surface area contributed by atoms with Crippen LogP contribution in [0.1, 0.15) is 11.3 Å². The molecule has 1 aromatic heterocycles. The van der Waals surface area contributed by atoms with Crippen LogP contribution in [0.5, 0.6) is 0 Å². The van der Waals surface area contributed by atoms with Gasteiger partial charge in [-0.1, -0.05) is 29.8 Å². The first-order valence-corrected chi connectivity index (χ1v) is 6.29. The molecule has 4 heteroatoms. The summed E-state index contributed by atoms with van der Waals surface area (Å²) in [5.41, 5.74) is 3.05. The van der Waals surface area contributed by atoms with Gasteiger partial charge < -0.3 is 10.0 Å². The molecule has 0 unspecified atom stereocenters. The second-order valence-electron chi connectivity index (χ2n) is 4.29. The fraction of sp³-hybridized carbons (Fsp3) is 0.214. The molecule has 0 amide bonds. The van der Waals surface area contributed by atoms with Crippen LogP contribution in [0.25, 0.3) is 0 Å². The Bertz CT molecular complexity index is 586. The summed E-state index contributed by atoms with van der Waals surface area (Å²) < 4.78 is 0. The van der Waals surface area contributed by atoms with Crippen LogP contribution in [-0.4, -0.2) is 16.6 Å². The number of benzene rings is 1. The van der Waals surface area contributed by atoms with Gasteiger partial charge in [-0.2, -0.15) is 0 Å². The third kappa shape index (κ3) is 1.85. The van der Waals surface area contributed by atoms with E-state index < -0.39 is 0 Å². The van der Waals surface area contributed by atoms with Crippen LogP contribution in [-0.2, 0) is 13.0 Å². The Balaban J connectivity index is 2.02. The minimum Gasteiger partial charge on any atom is -0.390 e. The van der Waals surface area contributed by atoms with Crippen molar-refractivity contribution in [2.45, 2.75) is 13.0 Å². The molecule has 1 aromatic carbocycles. The van der Waals surface area contributed by atoms with E-state index in [0.29, 0.717) is 10.7 Å². The Morgan fingerprint density at radius 2 is 2.06 bits per heavy atom. The molecule has 1 N–H and O–H groups in total. The summed E-state index contributed by atoms with van der Waals surface area (Å²) in [5, 5.41) is 9.72. The highest BCUT2D eigenvalue weighted by Crippen LogP contribution is 2.33. The van der Waals surface area contributed by atoms with Crippen molar-refractivity contribution in [1.29, 1.82) is 0 Å². The van der Waals surface area contributed by atoms with Crippen molar-refractivity contribution < 1.29 is 5.11 Å². The van der Waals surface area contributed by atoms with Crippen molar-refractivity contribution in [3.63, 3.8) is 0 Å². The summed E-state index contributed by atoms with van der Waals surface area (Å²) in [7, 11) is 0. The second-order valence-corrected chi connectivity index (χ2v) is 4.69. The van der Waals surface area contributed by atoms with E-state index in [-0.39, 0.29) is 6.61 Å². The van der Waals surface area contributed by atoms with Crippen molar-refractivity contribution >= 4 is 23.1 Å². The third-order valence-electron chi connectivity index (χ3n) is 3.22. The number of nitrogens with zero attached hydrogens (tertiary/aromatic N) is 2. The molecule has 0 spiro atoms. The first-order chi connectivity index (χ1) is 8.79. The number of hydrogen-bond donors (Lipinski definition) is 1. The number of rotatable bonds is 2. The zero-order chi connectivity index (χ0) is 12.5. The maximum atomic E-state index is 9.22. The minimum atomic E-state index is -0.137. The highest BCUT2D eigenvalue weighted by molar-refractivity contribution is 6.31. The zero-order valence-electron chi connectivity index (χ0n) is 9.81. The standard InChI is InChI=1S/C14H13ClN2O/c15-11-5-6-14(16-12(11)9-18)17-8-7-10-3-1-2-4-13(10)17/h1-6,18H,7-9H2. The Morgan fingerprint density at radius 3 is 2.89 bits per heavy atom. The van der Waals surface area contributed by atoms with Gasteiger partial charge in [-0.05, 0) is 30.2 Å². The lowest BCUT2D eigenvalue weighted by molar-refractivity contribution is 0.277. The van der Waals surface area contributed by atoms with Gasteiger partial charge in [-0.15, -0.1) is 0 Å². The van der Waals surface area contributed by atoms with Crippen LogP contribution >= 0.6 is 11.6 Å². The summed E-state index contributed by atoms with van der Waals surface area (Å²) >= 11 is 5.96. The van der Waals surface area contributed by atoms with Gasteiger partial charge in [0, 0.05) is 12.2 Å². The van der Waals surface area contributed by atoms with Crippen molar-refractivity contribution in [1.82, 2.24) is 4.98 Å². The number of aliphatic hydroxyl groups excluding tert-OH is 1. The molecule has 0 saturated heterocycles. The van der Waals surface area contributed by atoms with Gasteiger partial charge in [-0.3, -0.25) is 0 Å². The molecule has 0 atom stereocenters. The van der Waals surface area contributed by atoms with E-state index in [1.807, 2.05) is 12.1 Å². The summed E-state index contributed by atoms with van der Waals surface area (Å²) in [5.74, 6) is 0.841. The largest absolute Gasteiger partial charge is 0.390 e. The molecule has 1 aliphatic heterocycles. The number of hydrogen-bond acceptors (Lipinski definition) is 3. The molecule has 3 nitrogen and oxygen atoms in total. The molecule has 0 saturated carbocycles. The van der Waals surface area contributed by atoms with Crippen LogP contribution in [0.15, 0.2) is 36.4 Å². The van der Waals surface area contributed by atoms with Gasteiger partial charge in [-0.25, -0.2) is 4.98 Å². The molecule has 2 aromatic rings. The monoisotopic (exact) mass is 260 g/mol. The average Bonchev–Trinajstić information content (AvgIpc) is 2.83. The van der Waals surface area contributed by atoms with Gasteiger partial charge in [0.25, 0.3) is 0 Å². The second kappa shape index (κ2) is 4.59. The van der Waals surface area contributed by atoms with Crippen LogP contribution in [0, 0.1) is 0 Å². The van der Waals surface area contributed by atoms with Crippen molar-refractivity contribution in [3.8, 4) is 0 Å². The van der Waals surface area contributed by atoms with Gasteiger partial charge in [0.1, 0.15) is 5.82 Å². The van der Waals surface area contributed by atoms with Crippen molar-refractivity contribution in [2.75, 3.05) is 11.4 Å². The molecule has 3 rings (SSSR count). The Kier molecular flexibility index (Phi) is 2.94. The van der Waals surface area contributed by atoms with E-state index in [9.17, 15) is 5.11 Å². The van der Waals surface area contributed by atoms with Gasteiger partial charge in [0.05, 0.1) is 17.3 Å². The fourth-order valence-electron chi connectivity index (χ4n) is 2.31. The molecule has 0 radical (unpaired) electrons. The molecule has 0 fully saturated rings. The van der Waals surface area contributed by atoms with Crippen LogP contribution < -0.4 is 4.90 Å². The van der Waals surface area contributed by atoms with E-state index in [2.05, 4.69) is 28.1 Å². The summed E-state index contributed by atoms with van der Waals surface area (Å²) in [6.45, 7) is 0.779. The van der Waals surface area contributed by atoms with E-state index in [1.54, 1.807) is 6.07 Å². The van der Waals surface area contributed by atoms with E-state index in [0.717, 1.165) is 18.8 Å². The minimum absolute atomic E-state index is 0.137. The predicted octanol–water partition coefficient (Wildman–Crippen LogP) is 2.92. The van der Waals surface area contributed by atoms with E-state index >= 15 is 0 Å². The number of anilines is 2. The molecule has 1 aliphatic rings. The molecule has 2 heterocycles. The van der Waals surface area contributed by atoms with Gasteiger partial charge in [0.2, 0.25) is 0 Å². The maximum absolute atomic E-state index is 9.22. The molecular weight excluding hydrogens is 248 g/mol. The Morgan fingerprint density at radius 1 is 1.22 bits per heavy atom. The number of pyridine rings is 1. The van der Waals surface area contributed by atoms with Crippen LogP contribution in [0.4, 0.5) is 11.5 Å². The number of para-hydroxylation sites is 1. The average molecular weight is 261 g/mol. The lowest BCUT2D eigenvalue weighted by Gasteiger charge is -2.19. The summed E-state index contributed by atoms with van der Waals surface area (Å²) in [6, 6.07) is 12.0. The summed E-state index contributed by atoms with van der Waals surface area (Å²) in [6.07, 6.45) is 1.02. The zero-order valence-corrected chi connectivity index (χ0v) is 10.6. The summed E-state index contributed by atoms with van der Waals surface area (Å²) in [4.78, 5) is 6.57. The first kappa shape index (κ1) is 11.5. The third-order valence-corrected chi connectivity index (χ3v) is 3.56. The molecule has 0 bridgehead atoms. The quantitative estimate of drug-likeness (QED) is 0.902. The van der Waals surface area contributed by atoms with E-state index in [1.165, 1.54) is 11.3 Å². The van der Waals surface area contributed by atoms with Gasteiger partial charge >= 0.3 is 0 Å². The molecule has 18 heavy (non-hydrogen) atoms. The molecule has 0 aliphatic carbocycles. The SMILES string of the molecule is OCc1nc(N2CCc3ccccc32)ccc1Cl. The van der Waals surface area contributed by atoms with Gasteiger partial charge in [0.15, 0.2) is 0 Å². The highest BCUT2D eigenvalue weighted by atomic mass is 35.5. The number of fused-ring (bicyclic) bond motifs is 1. The first-order valence-electron chi connectivity index (χ1n) is 5.91. The van der Waals surface area contributed by atoms with Crippen molar-refractivity contribution in [2.24, 2.45) is 0 Å². The number of aromatic nitrogens is 1. The number of aliphatic hydroxyl groups is 1.